The predicted molar refractivity (Wildman–Crippen MR) is 88.0 cm³/mol. The number of ether oxygens (including phenoxy) is 1. The summed E-state index contributed by atoms with van der Waals surface area (Å²) >= 11 is 0. The molecule has 124 valence electrons. The van der Waals surface area contributed by atoms with Crippen molar-refractivity contribution in [3.8, 4) is 0 Å². The van der Waals surface area contributed by atoms with Crippen molar-refractivity contribution in [3.05, 3.63) is 60.0 Å². The normalized spacial score (nSPS) is 11.4. The highest BCUT2D eigenvalue weighted by atomic mass is 32.2. The third-order valence-corrected chi connectivity index (χ3v) is 3.70. The second-order valence-electron chi connectivity index (χ2n) is 5.07. The molecule has 0 spiro atoms. The van der Waals surface area contributed by atoms with Crippen molar-refractivity contribution in [2.24, 2.45) is 0 Å². The molecule has 0 amide bonds. The predicted octanol–water partition coefficient (Wildman–Crippen LogP) is 2.56. The summed E-state index contributed by atoms with van der Waals surface area (Å²) in [5.41, 5.74) is 1.53. The number of benzene rings is 2. The van der Waals surface area contributed by atoms with E-state index in [-0.39, 0.29) is 23.7 Å². The van der Waals surface area contributed by atoms with Crippen LogP contribution in [0.5, 0.6) is 0 Å². The third kappa shape index (κ3) is 3.72. The Morgan fingerprint density at radius 3 is 2.62 bits per heavy atom. The largest absolute Gasteiger partial charge is 0.452 e. The molecule has 7 nitrogen and oxygen atoms in total. The van der Waals surface area contributed by atoms with Gasteiger partial charge in [0.25, 0.3) is 0 Å². The number of para-hydroxylation sites is 3. The highest BCUT2D eigenvalue weighted by molar-refractivity contribution is 7.92. The molecule has 0 fully saturated rings. The Labute approximate surface area is 138 Å². The number of nitrogens with one attached hydrogen (secondary N) is 1. The van der Waals surface area contributed by atoms with Gasteiger partial charge in [-0.1, -0.05) is 24.3 Å². The Morgan fingerprint density at radius 2 is 1.88 bits per heavy atom. The smallest absolute Gasteiger partial charge is 0.340 e. The Bertz CT molecular complexity index is 961. The molecule has 0 atom stereocenters. The summed E-state index contributed by atoms with van der Waals surface area (Å²) < 4.78 is 35.6. The minimum Gasteiger partial charge on any atom is -0.452 e. The summed E-state index contributed by atoms with van der Waals surface area (Å²) in [4.78, 5) is 16.4. The Hall–Kier alpha value is -2.87. The van der Waals surface area contributed by atoms with Crippen LogP contribution < -0.4 is 4.72 Å². The van der Waals surface area contributed by atoms with E-state index >= 15 is 0 Å². The molecule has 0 saturated heterocycles. The van der Waals surface area contributed by atoms with Crippen LogP contribution in [0.1, 0.15) is 16.2 Å². The maximum Gasteiger partial charge on any atom is 0.340 e. The number of aromatic nitrogens is 1. The number of rotatable bonds is 5. The average Bonchev–Trinajstić information content (AvgIpc) is 2.94. The van der Waals surface area contributed by atoms with Gasteiger partial charge in [-0.2, -0.15) is 0 Å². The second kappa shape index (κ2) is 6.32. The van der Waals surface area contributed by atoms with E-state index in [1.807, 2.05) is 12.1 Å². The van der Waals surface area contributed by atoms with Gasteiger partial charge in [-0.15, -0.1) is 0 Å². The lowest BCUT2D eigenvalue weighted by molar-refractivity contribution is 0.0441. The zero-order valence-electron chi connectivity index (χ0n) is 12.7. The molecule has 0 bridgehead atoms. The minimum atomic E-state index is -3.51. The SMILES string of the molecule is CS(=O)(=O)Nc1ccccc1C(=O)OCc1nc2ccccc2o1. The van der Waals surface area contributed by atoms with Crippen molar-refractivity contribution >= 4 is 32.8 Å². The van der Waals surface area contributed by atoms with Crippen LogP contribution in [0, 0.1) is 0 Å². The molecule has 2 aromatic carbocycles. The van der Waals surface area contributed by atoms with Gasteiger partial charge in [0.15, 0.2) is 12.2 Å². The van der Waals surface area contributed by atoms with Crippen molar-refractivity contribution in [1.29, 1.82) is 0 Å². The molecule has 0 aliphatic heterocycles. The number of anilines is 1. The second-order valence-corrected chi connectivity index (χ2v) is 6.82. The Kier molecular flexibility index (Phi) is 4.22. The number of sulfonamides is 1. The van der Waals surface area contributed by atoms with Crippen molar-refractivity contribution in [2.75, 3.05) is 11.0 Å². The molecule has 0 aliphatic carbocycles. The van der Waals surface area contributed by atoms with Crippen molar-refractivity contribution in [3.63, 3.8) is 0 Å². The van der Waals surface area contributed by atoms with E-state index in [1.165, 1.54) is 12.1 Å². The molecule has 3 rings (SSSR count). The van der Waals surface area contributed by atoms with Crippen molar-refractivity contribution in [1.82, 2.24) is 4.98 Å². The molecule has 0 unspecified atom stereocenters. The highest BCUT2D eigenvalue weighted by Gasteiger charge is 2.16. The van der Waals surface area contributed by atoms with Crippen LogP contribution in [0.15, 0.2) is 52.9 Å². The fourth-order valence-corrected chi connectivity index (χ4v) is 2.71. The molecule has 8 heteroatoms. The van der Waals surface area contributed by atoms with Crippen molar-refractivity contribution < 1.29 is 22.4 Å². The summed E-state index contributed by atoms with van der Waals surface area (Å²) in [6.07, 6.45) is 1.01. The van der Waals surface area contributed by atoms with Gasteiger partial charge < -0.3 is 9.15 Å². The highest BCUT2D eigenvalue weighted by Crippen LogP contribution is 2.19. The Morgan fingerprint density at radius 1 is 1.17 bits per heavy atom. The molecular formula is C16H14N2O5S. The Balaban J connectivity index is 1.75. The molecule has 1 aromatic heterocycles. The van der Waals surface area contributed by atoms with Crippen molar-refractivity contribution in [2.45, 2.75) is 6.61 Å². The van der Waals surface area contributed by atoms with Crippen LogP contribution in [0.2, 0.25) is 0 Å². The van der Waals surface area contributed by atoms with Crippen LogP contribution in [-0.2, 0) is 21.4 Å². The molecule has 3 aromatic rings. The fourth-order valence-electron chi connectivity index (χ4n) is 2.14. The van der Waals surface area contributed by atoms with Gasteiger partial charge in [0.05, 0.1) is 17.5 Å². The van der Waals surface area contributed by atoms with Gasteiger partial charge in [0.1, 0.15) is 5.52 Å². The molecular weight excluding hydrogens is 332 g/mol. The van der Waals surface area contributed by atoms with Gasteiger partial charge in [-0.3, -0.25) is 4.72 Å². The summed E-state index contributed by atoms with van der Waals surface area (Å²) in [6.45, 7) is -0.152. The number of oxazole rings is 1. The number of nitrogens with zero attached hydrogens (tertiary/aromatic N) is 1. The average molecular weight is 346 g/mol. The van der Waals surface area contributed by atoms with E-state index in [0.717, 1.165) is 6.26 Å². The van der Waals surface area contributed by atoms with Crippen LogP contribution in [0.25, 0.3) is 11.1 Å². The van der Waals surface area contributed by atoms with E-state index in [2.05, 4.69) is 9.71 Å². The first kappa shape index (κ1) is 16.0. The lowest BCUT2D eigenvalue weighted by atomic mass is 10.2. The lowest BCUT2D eigenvalue weighted by Crippen LogP contribution is -2.14. The van der Waals surface area contributed by atoms with Gasteiger partial charge in [-0.25, -0.2) is 18.2 Å². The number of carbonyl (C=O) groups excluding carboxylic acids is 1. The van der Waals surface area contributed by atoms with E-state index in [0.29, 0.717) is 11.1 Å². The molecule has 24 heavy (non-hydrogen) atoms. The summed E-state index contributed by atoms with van der Waals surface area (Å²) in [7, 11) is -3.51. The standard InChI is InChI=1S/C16H14N2O5S/c1-24(20,21)18-12-7-3-2-6-11(12)16(19)22-10-15-17-13-8-4-5-9-14(13)23-15/h2-9,18H,10H2,1H3. The minimum absolute atomic E-state index is 0.110. The van der Waals surface area contributed by atoms with Crippen LogP contribution in [0.4, 0.5) is 5.69 Å². The van der Waals surface area contributed by atoms with Crippen LogP contribution in [-0.4, -0.2) is 25.6 Å². The molecule has 1 N–H and O–H groups in total. The zero-order valence-corrected chi connectivity index (χ0v) is 13.5. The fraction of sp³-hybridized carbons (Fsp3) is 0.125. The number of hydrogen-bond acceptors (Lipinski definition) is 6. The van der Waals surface area contributed by atoms with Crippen LogP contribution in [0.3, 0.4) is 0 Å². The topological polar surface area (TPSA) is 98.5 Å². The monoisotopic (exact) mass is 346 g/mol. The molecule has 0 radical (unpaired) electrons. The van der Waals surface area contributed by atoms with E-state index in [4.69, 9.17) is 9.15 Å². The molecule has 1 heterocycles. The van der Waals surface area contributed by atoms with Gasteiger partial charge in [0, 0.05) is 0 Å². The van der Waals surface area contributed by atoms with Gasteiger partial charge in [0.2, 0.25) is 15.9 Å². The molecule has 0 aliphatic rings. The zero-order chi connectivity index (χ0) is 17.2. The van der Waals surface area contributed by atoms with E-state index < -0.39 is 16.0 Å². The first-order valence-corrected chi connectivity index (χ1v) is 8.90. The lowest BCUT2D eigenvalue weighted by Gasteiger charge is -2.09. The van der Waals surface area contributed by atoms with Crippen LogP contribution >= 0.6 is 0 Å². The summed E-state index contributed by atoms with van der Waals surface area (Å²) in [5.74, 6) is -0.415. The van der Waals surface area contributed by atoms with E-state index in [9.17, 15) is 13.2 Å². The van der Waals surface area contributed by atoms with Gasteiger partial charge >= 0.3 is 5.97 Å². The van der Waals surface area contributed by atoms with Gasteiger partial charge in [-0.05, 0) is 24.3 Å². The first-order chi connectivity index (χ1) is 11.4. The quantitative estimate of drug-likeness (QED) is 0.713. The summed E-state index contributed by atoms with van der Waals surface area (Å²) in [5, 5.41) is 0. The maximum atomic E-state index is 12.2. The summed E-state index contributed by atoms with van der Waals surface area (Å²) in [6, 6.07) is 13.4. The number of carbonyl (C=O) groups is 1. The third-order valence-electron chi connectivity index (χ3n) is 3.11. The van der Waals surface area contributed by atoms with E-state index in [1.54, 1.807) is 24.3 Å². The number of esters is 1. The number of fused-ring (bicyclic) bond motifs is 1. The molecule has 0 saturated carbocycles. The number of hydrogen-bond donors (Lipinski definition) is 1. The first-order valence-electron chi connectivity index (χ1n) is 7.01. The maximum absolute atomic E-state index is 12.2.